The van der Waals surface area contributed by atoms with Gasteiger partial charge in [0.25, 0.3) is 0 Å². The summed E-state index contributed by atoms with van der Waals surface area (Å²) in [5.74, 6) is 1.48. The molecule has 4 heteroatoms. The number of hydrogen-bond donors (Lipinski definition) is 1. The molecule has 1 atom stereocenters. The molecule has 0 aromatic heterocycles. The van der Waals surface area contributed by atoms with E-state index in [-0.39, 0.29) is 17.5 Å². The van der Waals surface area contributed by atoms with Crippen molar-refractivity contribution in [1.82, 2.24) is 0 Å². The van der Waals surface area contributed by atoms with Crippen LogP contribution in [0.4, 0.5) is 0 Å². The van der Waals surface area contributed by atoms with E-state index in [1.54, 1.807) is 11.8 Å². The van der Waals surface area contributed by atoms with Gasteiger partial charge in [0.15, 0.2) is 5.78 Å². The van der Waals surface area contributed by atoms with Gasteiger partial charge in [0, 0.05) is 22.8 Å². The van der Waals surface area contributed by atoms with Crippen LogP contribution in [-0.2, 0) is 17.6 Å². The third kappa shape index (κ3) is 5.26. The summed E-state index contributed by atoms with van der Waals surface area (Å²) < 4.78 is 0. The van der Waals surface area contributed by atoms with Gasteiger partial charge in [-0.05, 0) is 78.8 Å². The molecule has 2 aromatic rings. The van der Waals surface area contributed by atoms with Gasteiger partial charge in [-0.15, -0.1) is 11.8 Å². The van der Waals surface area contributed by atoms with E-state index in [0.717, 1.165) is 46.7 Å². The van der Waals surface area contributed by atoms with E-state index in [9.17, 15) is 9.90 Å². The lowest BCUT2D eigenvalue weighted by Crippen LogP contribution is -2.21. The smallest absolute Gasteiger partial charge is 0.167 e. The van der Waals surface area contributed by atoms with Crippen LogP contribution in [0.1, 0.15) is 55.4 Å². The molecule has 154 valence electrons. The van der Waals surface area contributed by atoms with Crippen molar-refractivity contribution >= 4 is 34.7 Å². The quantitative estimate of drug-likeness (QED) is 0.473. The number of ketones is 1. The zero-order chi connectivity index (χ0) is 21.0. The predicted molar refractivity (Wildman–Crippen MR) is 124 cm³/mol. The highest BCUT2D eigenvalue weighted by molar-refractivity contribution is 7.99. The summed E-state index contributed by atoms with van der Waals surface area (Å²) in [6, 6.07) is 12.1. The highest BCUT2D eigenvalue weighted by Gasteiger charge is 2.30. The number of thioether (sulfide) groups is 1. The summed E-state index contributed by atoms with van der Waals surface area (Å²) in [5, 5.41) is 11.6. The van der Waals surface area contributed by atoms with Crippen LogP contribution < -0.4 is 0 Å². The van der Waals surface area contributed by atoms with E-state index in [4.69, 9.17) is 11.6 Å². The van der Waals surface area contributed by atoms with Crippen LogP contribution in [0.3, 0.4) is 0 Å². The maximum Gasteiger partial charge on any atom is 0.167 e. The van der Waals surface area contributed by atoms with E-state index in [1.807, 2.05) is 24.3 Å². The van der Waals surface area contributed by atoms with Crippen molar-refractivity contribution in [3.63, 3.8) is 0 Å². The third-order valence-electron chi connectivity index (χ3n) is 5.59. The first-order chi connectivity index (χ1) is 13.9. The van der Waals surface area contributed by atoms with Gasteiger partial charge in [0.2, 0.25) is 0 Å². The number of aliphatic hydroxyl groups is 1. The van der Waals surface area contributed by atoms with Gasteiger partial charge in [-0.2, -0.15) is 0 Å². The Morgan fingerprint density at radius 2 is 1.69 bits per heavy atom. The molecule has 2 aromatic carbocycles. The minimum absolute atomic E-state index is 0.0866. The van der Waals surface area contributed by atoms with Crippen molar-refractivity contribution in [2.75, 3.05) is 5.75 Å². The molecule has 1 aliphatic rings. The minimum atomic E-state index is 0.0866. The van der Waals surface area contributed by atoms with Crippen molar-refractivity contribution in [3.05, 3.63) is 69.4 Å². The molecular formula is C25H29ClO2S. The second kappa shape index (κ2) is 9.86. The second-order valence-electron chi connectivity index (χ2n) is 7.78. The lowest BCUT2D eigenvalue weighted by Gasteiger charge is -2.26. The van der Waals surface area contributed by atoms with Gasteiger partial charge in [-0.3, -0.25) is 4.79 Å². The Labute approximate surface area is 183 Å². The first kappa shape index (κ1) is 22.0. The Morgan fingerprint density at radius 3 is 2.24 bits per heavy atom. The van der Waals surface area contributed by atoms with Crippen molar-refractivity contribution in [2.24, 2.45) is 5.92 Å². The van der Waals surface area contributed by atoms with Gasteiger partial charge >= 0.3 is 0 Å². The Hall–Kier alpha value is -1.71. The van der Waals surface area contributed by atoms with Gasteiger partial charge in [0.1, 0.15) is 5.76 Å². The van der Waals surface area contributed by atoms with Crippen LogP contribution in [0.15, 0.2) is 47.1 Å². The molecule has 0 amide bonds. The van der Waals surface area contributed by atoms with Crippen LogP contribution in [-0.4, -0.2) is 16.6 Å². The maximum atomic E-state index is 13.1. The first-order valence-electron chi connectivity index (χ1n) is 10.4. The number of aryl methyl sites for hydroxylation is 3. The summed E-state index contributed by atoms with van der Waals surface area (Å²) in [6.45, 7) is 6.31. The summed E-state index contributed by atoms with van der Waals surface area (Å²) >= 11 is 7.70. The van der Waals surface area contributed by atoms with Crippen LogP contribution in [0.25, 0.3) is 5.57 Å². The molecule has 0 saturated carbocycles. The zero-order valence-electron chi connectivity index (χ0n) is 17.4. The van der Waals surface area contributed by atoms with E-state index in [1.165, 1.54) is 10.5 Å². The maximum absolute atomic E-state index is 13.1. The molecule has 1 aliphatic carbocycles. The number of allylic oxidation sites excluding steroid dienone is 2. The number of Topliss-reactive ketones (excluding diaryl/α,β-unsaturated/α-hetero) is 1. The summed E-state index contributed by atoms with van der Waals surface area (Å²) in [5.41, 5.74) is 5.09. The van der Waals surface area contributed by atoms with Crippen molar-refractivity contribution in [1.29, 1.82) is 0 Å². The average Bonchev–Trinajstić information content (AvgIpc) is 2.69. The highest BCUT2D eigenvalue weighted by Crippen LogP contribution is 2.38. The summed E-state index contributed by atoms with van der Waals surface area (Å²) in [4.78, 5) is 14.2. The monoisotopic (exact) mass is 428 g/mol. The molecule has 0 bridgehead atoms. The molecule has 3 rings (SSSR count). The van der Waals surface area contributed by atoms with Gasteiger partial charge < -0.3 is 5.11 Å². The topological polar surface area (TPSA) is 37.3 Å². The Balaban J connectivity index is 1.75. The van der Waals surface area contributed by atoms with Gasteiger partial charge in [-0.1, -0.05) is 43.1 Å². The molecule has 2 nitrogen and oxygen atoms in total. The average molecular weight is 429 g/mol. The number of carbonyl (C=O) groups is 1. The first-order valence-corrected chi connectivity index (χ1v) is 11.8. The van der Waals surface area contributed by atoms with Crippen LogP contribution in [0, 0.1) is 12.8 Å². The van der Waals surface area contributed by atoms with Crippen LogP contribution in [0.5, 0.6) is 0 Å². The van der Waals surface area contributed by atoms with Gasteiger partial charge in [-0.25, -0.2) is 0 Å². The van der Waals surface area contributed by atoms with Crippen LogP contribution in [0.2, 0.25) is 5.02 Å². The normalized spacial score (nSPS) is 17.1. The third-order valence-corrected chi connectivity index (χ3v) is 6.89. The SMILES string of the molecule is CCc1cc(C)cc(CC)c1C1=C(O)CC(CCSc2ccc(Cl)cc2)CC1=O. The van der Waals surface area contributed by atoms with Crippen molar-refractivity contribution in [2.45, 2.75) is 57.8 Å². The minimum Gasteiger partial charge on any atom is -0.512 e. The Kier molecular flexibility index (Phi) is 7.48. The highest BCUT2D eigenvalue weighted by atomic mass is 35.5. The lowest BCUT2D eigenvalue weighted by atomic mass is 9.79. The molecule has 29 heavy (non-hydrogen) atoms. The standard InChI is InChI=1S/C25H29ClO2S/c1-4-18-12-16(3)13-19(5-2)24(18)25-22(27)14-17(15-23(25)28)10-11-29-21-8-6-20(26)7-9-21/h6-9,12-13,17,27H,4-5,10-11,14-15H2,1-3H3. The van der Waals surface area contributed by atoms with E-state index < -0.39 is 0 Å². The Bertz CT molecular complexity index is 890. The second-order valence-corrected chi connectivity index (χ2v) is 9.38. The molecule has 1 N–H and O–H groups in total. The van der Waals surface area contributed by atoms with E-state index in [0.29, 0.717) is 18.4 Å². The number of hydrogen-bond acceptors (Lipinski definition) is 3. The van der Waals surface area contributed by atoms with E-state index >= 15 is 0 Å². The molecular weight excluding hydrogens is 400 g/mol. The molecule has 0 aliphatic heterocycles. The summed E-state index contributed by atoms with van der Waals surface area (Å²) in [7, 11) is 0. The molecule has 0 saturated heterocycles. The van der Waals surface area contributed by atoms with Crippen LogP contribution >= 0.6 is 23.4 Å². The number of benzene rings is 2. The van der Waals surface area contributed by atoms with E-state index in [2.05, 4.69) is 32.9 Å². The molecule has 1 unspecified atom stereocenters. The zero-order valence-corrected chi connectivity index (χ0v) is 19.0. The predicted octanol–water partition coefficient (Wildman–Crippen LogP) is 7.20. The number of carbonyl (C=O) groups excluding carboxylic acids is 1. The van der Waals surface area contributed by atoms with Gasteiger partial charge in [0.05, 0.1) is 5.57 Å². The summed E-state index contributed by atoms with van der Waals surface area (Å²) in [6.07, 6.45) is 3.72. The molecule has 0 fully saturated rings. The number of aliphatic hydroxyl groups excluding tert-OH is 1. The number of halogens is 1. The molecule has 0 heterocycles. The fourth-order valence-electron chi connectivity index (χ4n) is 4.16. The van der Waals surface area contributed by atoms with Crippen molar-refractivity contribution < 1.29 is 9.90 Å². The molecule has 0 radical (unpaired) electrons. The molecule has 0 spiro atoms. The largest absolute Gasteiger partial charge is 0.512 e. The number of rotatable bonds is 7. The Morgan fingerprint density at radius 1 is 1.07 bits per heavy atom. The fourth-order valence-corrected chi connectivity index (χ4v) is 5.30. The van der Waals surface area contributed by atoms with Crippen molar-refractivity contribution in [3.8, 4) is 0 Å². The lowest BCUT2D eigenvalue weighted by molar-refractivity contribution is -0.115. The fraction of sp³-hybridized carbons (Fsp3) is 0.400.